The molecule has 0 aliphatic carbocycles. The van der Waals surface area contributed by atoms with E-state index in [2.05, 4.69) is 58.1 Å². The van der Waals surface area contributed by atoms with E-state index in [1.807, 2.05) is 0 Å². The van der Waals surface area contributed by atoms with Crippen molar-refractivity contribution in [3.05, 3.63) is 29.8 Å². The van der Waals surface area contributed by atoms with E-state index in [0.29, 0.717) is 6.42 Å². The van der Waals surface area contributed by atoms with E-state index in [9.17, 15) is 0 Å². The lowest BCUT2D eigenvalue weighted by Gasteiger charge is -2.21. The molecule has 0 amide bonds. The molecule has 0 bridgehead atoms. The van der Waals surface area contributed by atoms with Crippen molar-refractivity contribution in [3.8, 4) is 6.07 Å². The molecule has 0 aliphatic heterocycles. The van der Waals surface area contributed by atoms with Gasteiger partial charge in [0.1, 0.15) is 0 Å². The highest BCUT2D eigenvalue weighted by atomic mass is 79.9. The molecule has 0 fully saturated rings. The second-order valence-electron chi connectivity index (χ2n) is 3.29. The van der Waals surface area contributed by atoms with Gasteiger partial charge in [-0.25, -0.2) is 0 Å². The zero-order chi connectivity index (χ0) is 11.1. The zero-order valence-corrected chi connectivity index (χ0v) is 10.5. The Kier molecular flexibility index (Phi) is 5.20. The van der Waals surface area contributed by atoms with Crippen LogP contribution < -0.4 is 4.90 Å². The van der Waals surface area contributed by atoms with Crippen molar-refractivity contribution in [1.29, 1.82) is 5.26 Å². The van der Waals surface area contributed by atoms with Gasteiger partial charge in [-0.15, -0.1) is 0 Å². The first kappa shape index (κ1) is 12.1. The first-order valence-electron chi connectivity index (χ1n) is 5.08. The minimum atomic E-state index is 0.577. The SMILES string of the molecule is CCN(CCC#N)c1ccc(CBr)cc1. The van der Waals surface area contributed by atoms with Crippen LogP contribution in [0.15, 0.2) is 24.3 Å². The molecule has 0 saturated carbocycles. The topological polar surface area (TPSA) is 27.0 Å². The average Bonchev–Trinajstić information content (AvgIpc) is 2.31. The molecule has 0 spiro atoms. The Labute approximate surface area is 99.6 Å². The fraction of sp³-hybridized carbons (Fsp3) is 0.417. The van der Waals surface area contributed by atoms with E-state index in [1.165, 1.54) is 11.3 Å². The maximum atomic E-state index is 8.56. The molecule has 0 N–H and O–H groups in total. The third kappa shape index (κ3) is 3.56. The van der Waals surface area contributed by atoms with Crippen LogP contribution in [0.25, 0.3) is 0 Å². The summed E-state index contributed by atoms with van der Waals surface area (Å²) in [5.74, 6) is 0. The summed E-state index contributed by atoms with van der Waals surface area (Å²) in [6.45, 7) is 3.85. The molecular weight excluding hydrogens is 252 g/mol. The van der Waals surface area contributed by atoms with E-state index in [4.69, 9.17) is 5.26 Å². The van der Waals surface area contributed by atoms with Gasteiger partial charge in [-0.2, -0.15) is 5.26 Å². The highest BCUT2D eigenvalue weighted by Crippen LogP contribution is 2.16. The van der Waals surface area contributed by atoms with Gasteiger partial charge in [-0.05, 0) is 24.6 Å². The Bertz CT molecular complexity index is 326. The van der Waals surface area contributed by atoms with Crippen LogP contribution >= 0.6 is 15.9 Å². The molecule has 0 aromatic heterocycles. The summed E-state index contributed by atoms with van der Waals surface area (Å²) < 4.78 is 0. The molecule has 0 aliphatic rings. The minimum Gasteiger partial charge on any atom is -0.371 e. The standard InChI is InChI=1S/C12H15BrN2/c1-2-15(9-3-8-14)12-6-4-11(10-13)5-7-12/h4-7H,2-3,9-10H2,1H3. The van der Waals surface area contributed by atoms with Crippen LogP contribution in [0.4, 0.5) is 5.69 Å². The summed E-state index contributed by atoms with van der Waals surface area (Å²) in [5.41, 5.74) is 2.47. The molecule has 0 unspecified atom stereocenters. The van der Waals surface area contributed by atoms with Gasteiger partial charge in [0.2, 0.25) is 0 Å². The Morgan fingerprint density at radius 3 is 2.47 bits per heavy atom. The maximum Gasteiger partial charge on any atom is 0.0640 e. The van der Waals surface area contributed by atoms with Gasteiger partial charge < -0.3 is 4.90 Å². The summed E-state index contributed by atoms with van der Waals surface area (Å²) in [6.07, 6.45) is 0.577. The number of hydrogen-bond acceptors (Lipinski definition) is 2. The summed E-state index contributed by atoms with van der Waals surface area (Å²) in [5, 5.41) is 9.44. The largest absolute Gasteiger partial charge is 0.371 e. The van der Waals surface area contributed by atoms with Gasteiger partial charge in [-0.1, -0.05) is 28.1 Å². The van der Waals surface area contributed by atoms with Crippen LogP contribution in [0.1, 0.15) is 18.9 Å². The van der Waals surface area contributed by atoms with Crippen molar-refractivity contribution in [2.75, 3.05) is 18.0 Å². The molecule has 0 saturated heterocycles. The van der Waals surface area contributed by atoms with Crippen molar-refractivity contribution in [3.63, 3.8) is 0 Å². The molecule has 0 atom stereocenters. The van der Waals surface area contributed by atoms with E-state index in [-0.39, 0.29) is 0 Å². The zero-order valence-electron chi connectivity index (χ0n) is 8.91. The predicted octanol–water partition coefficient (Wildman–Crippen LogP) is 3.32. The number of alkyl halides is 1. The van der Waals surface area contributed by atoms with Gasteiger partial charge >= 0.3 is 0 Å². The van der Waals surface area contributed by atoms with Gasteiger partial charge in [0.15, 0.2) is 0 Å². The normalized spacial score (nSPS) is 9.67. The molecule has 0 radical (unpaired) electrons. The number of anilines is 1. The number of benzene rings is 1. The van der Waals surface area contributed by atoms with Gasteiger partial charge in [0, 0.05) is 24.1 Å². The van der Waals surface area contributed by atoms with Gasteiger partial charge in [0.25, 0.3) is 0 Å². The van der Waals surface area contributed by atoms with Crippen molar-refractivity contribution in [1.82, 2.24) is 0 Å². The Morgan fingerprint density at radius 2 is 2.00 bits per heavy atom. The van der Waals surface area contributed by atoms with Crippen LogP contribution in [-0.4, -0.2) is 13.1 Å². The maximum absolute atomic E-state index is 8.56. The van der Waals surface area contributed by atoms with Gasteiger partial charge in [0.05, 0.1) is 12.5 Å². The molecule has 1 aromatic rings. The van der Waals surface area contributed by atoms with Crippen LogP contribution in [-0.2, 0) is 5.33 Å². The second kappa shape index (κ2) is 6.47. The third-order valence-corrected chi connectivity index (χ3v) is 2.98. The van der Waals surface area contributed by atoms with E-state index >= 15 is 0 Å². The molecule has 2 nitrogen and oxygen atoms in total. The quantitative estimate of drug-likeness (QED) is 0.765. The smallest absolute Gasteiger partial charge is 0.0640 e. The molecule has 15 heavy (non-hydrogen) atoms. The molecule has 0 heterocycles. The van der Waals surface area contributed by atoms with Crippen LogP contribution in [0.3, 0.4) is 0 Å². The van der Waals surface area contributed by atoms with Crippen LogP contribution in [0, 0.1) is 11.3 Å². The van der Waals surface area contributed by atoms with Crippen molar-refractivity contribution >= 4 is 21.6 Å². The molecule has 1 aromatic carbocycles. The van der Waals surface area contributed by atoms with Gasteiger partial charge in [-0.3, -0.25) is 0 Å². The molecule has 80 valence electrons. The summed E-state index contributed by atoms with van der Waals surface area (Å²) in [4.78, 5) is 2.21. The molecule has 3 heteroatoms. The molecule has 1 rings (SSSR count). The highest BCUT2D eigenvalue weighted by Gasteiger charge is 2.02. The fourth-order valence-corrected chi connectivity index (χ4v) is 1.82. The monoisotopic (exact) mass is 266 g/mol. The minimum absolute atomic E-state index is 0.577. The summed E-state index contributed by atoms with van der Waals surface area (Å²) >= 11 is 3.42. The van der Waals surface area contributed by atoms with E-state index in [0.717, 1.165) is 18.4 Å². The lowest BCUT2D eigenvalue weighted by molar-refractivity contribution is 0.827. The lowest BCUT2D eigenvalue weighted by atomic mass is 10.2. The summed E-state index contributed by atoms with van der Waals surface area (Å²) in [6, 6.07) is 10.6. The number of nitriles is 1. The van der Waals surface area contributed by atoms with Crippen LogP contribution in [0.2, 0.25) is 0 Å². The fourth-order valence-electron chi connectivity index (χ4n) is 1.45. The van der Waals surface area contributed by atoms with Crippen molar-refractivity contribution in [2.24, 2.45) is 0 Å². The Balaban J connectivity index is 2.70. The number of halogens is 1. The second-order valence-corrected chi connectivity index (χ2v) is 3.85. The van der Waals surface area contributed by atoms with E-state index < -0.39 is 0 Å². The number of hydrogen-bond donors (Lipinski definition) is 0. The van der Waals surface area contributed by atoms with Crippen molar-refractivity contribution in [2.45, 2.75) is 18.7 Å². The average molecular weight is 267 g/mol. The van der Waals surface area contributed by atoms with Crippen LogP contribution in [0.5, 0.6) is 0 Å². The number of rotatable bonds is 5. The Hall–Kier alpha value is -1.01. The van der Waals surface area contributed by atoms with E-state index in [1.54, 1.807) is 0 Å². The number of nitrogens with zero attached hydrogens (tertiary/aromatic N) is 2. The molecular formula is C12H15BrN2. The predicted molar refractivity (Wildman–Crippen MR) is 67.2 cm³/mol. The van der Waals surface area contributed by atoms with Crippen molar-refractivity contribution < 1.29 is 0 Å². The summed E-state index contributed by atoms with van der Waals surface area (Å²) in [7, 11) is 0. The highest BCUT2D eigenvalue weighted by molar-refractivity contribution is 9.08. The lowest BCUT2D eigenvalue weighted by Crippen LogP contribution is -2.23. The first-order valence-corrected chi connectivity index (χ1v) is 6.20. The Morgan fingerprint density at radius 1 is 1.33 bits per heavy atom. The third-order valence-electron chi connectivity index (χ3n) is 2.33. The first-order chi connectivity index (χ1) is 7.31.